The predicted molar refractivity (Wildman–Crippen MR) is 86.9 cm³/mol. The van der Waals surface area contributed by atoms with E-state index in [1.54, 1.807) is 38.3 Å². The maximum atomic E-state index is 12.7. The van der Waals surface area contributed by atoms with Crippen LogP contribution in [0.2, 0.25) is 0 Å². The minimum Gasteiger partial charge on any atom is -0.467 e. The monoisotopic (exact) mass is 336 g/mol. The summed E-state index contributed by atoms with van der Waals surface area (Å²) < 4.78 is 11.9. The summed E-state index contributed by atoms with van der Waals surface area (Å²) in [6.45, 7) is 9.03. The number of imide groups is 1. The second kappa shape index (κ2) is 6.30. The number of aryl methyl sites for hydroxylation is 1. The lowest BCUT2D eigenvalue weighted by Gasteiger charge is -2.29. The number of hydrogen-bond acceptors (Lipinski definition) is 5. The van der Waals surface area contributed by atoms with E-state index in [1.807, 2.05) is 6.92 Å². The number of ether oxygens (including phenoxy) is 2. The Morgan fingerprint density at radius 2 is 1.92 bits per heavy atom. The molecule has 0 bridgehead atoms. The molecule has 0 aliphatic carbocycles. The highest BCUT2D eigenvalue weighted by atomic mass is 16.6. The van der Waals surface area contributed by atoms with Gasteiger partial charge >= 0.3 is 12.1 Å². The van der Waals surface area contributed by atoms with Crippen LogP contribution in [0, 0.1) is 6.92 Å². The fraction of sp³-hybridized carbons (Fsp3) is 0.588. The van der Waals surface area contributed by atoms with Gasteiger partial charge in [-0.05, 0) is 40.7 Å². The van der Waals surface area contributed by atoms with Crippen molar-refractivity contribution < 1.29 is 23.9 Å². The van der Waals surface area contributed by atoms with E-state index in [1.165, 1.54) is 7.11 Å². The summed E-state index contributed by atoms with van der Waals surface area (Å²) in [6, 6.07) is 1.17. The molecule has 1 aromatic heterocycles. The number of methoxy groups -OCH3 is 1. The normalized spacial score (nSPS) is 15.8. The molecule has 0 N–H and O–H groups in total. The smallest absolute Gasteiger partial charge is 0.417 e. The van der Waals surface area contributed by atoms with Crippen LogP contribution in [0.15, 0.2) is 6.07 Å². The van der Waals surface area contributed by atoms with Crippen molar-refractivity contribution in [1.82, 2.24) is 9.47 Å². The maximum absolute atomic E-state index is 12.7. The summed E-state index contributed by atoms with van der Waals surface area (Å²) in [5, 5.41) is 0. The lowest BCUT2D eigenvalue weighted by Crippen LogP contribution is -2.45. The molecule has 132 valence electrons. The van der Waals surface area contributed by atoms with Gasteiger partial charge in [0.1, 0.15) is 11.6 Å². The van der Waals surface area contributed by atoms with Gasteiger partial charge in [-0.15, -0.1) is 0 Å². The Morgan fingerprint density at radius 3 is 2.46 bits per heavy atom. The SMILES string of the molecule is COC(=O)[C@H](C)n1c(C)cc2c1CCN(C(=O)OC(C)(C)C)C2=O. The molecule has 1 aliphatic heterocycles. The topological polar surface area (TPSA) is 77.8 Å². The number of aromatic nitrogens is 1. The van der Waals surface area contributed by atoms with Crippen molar-refractivity contribution in [3.8, 4) is 0 Å². The Bertz CT molecular complexity index is 684. The quantitative estimate of drug-likeness (QED) is 0.775. The molecule has 24 heavy (non-hydrogen) atoms. The van der Waals surface area contributed by atoms with Gasteiger partial charge in [0.15, 0.2) is 0 Å². The molecular formula is C17H24N2O5. The lowest BCUT2D eigenvalue weighted by molar-refractivity contribution is -0.144. The summed E-state index contributed by atoms with van der Waals surface area (Å²) in [4.78, 5) is 37.8. The Balaban J connectivity index is 2.33. The predicted octanol–water partition coefficient (Wildman–Crippen LogP) is 2.46. The number of hydrogen-bond donors (Lipinski definition) is 0. The molecule has 0 aromatic carbocycles. The number of rotatable bonds is 2. The van der Waals surface area contributed by atoms with E-state index in [9.17, 15) is 14.4 Å². The molecule has 1 atom stereocenters. The van der Waals surface area contributed by atoms with Crippen molar-refractivity contribution >= 4 is 18.0 Å². The zero-order valence-electron chi connectivity index (χ0n) is 15.0. The fourth-order valence-corrected chi connectivity index (χ4v) is 2.92. The highest BCUT2D eigenvalue weighted by Gasteiger charge is 2.36. The molecule has 2 amide bonds. The largest absolute Gasteiger partial charge is 0.467 e. The molecule has 0 radical (unpaired) electrons. The van der Waals surface area contributed by atoms with Gasteiger partial charge in [-0.3, -0.25) is 4.79 Å². The third-order valence-electron chi connectivity index (χ3n) is 3.93. The Hall–Kier alpha value is -2.31. The third kappa shape index (κ3) is 3.29. The second-order valence-corrected chi connectivity index (χ2v) is 6.90. The number of nitrogens with zero attached hydrogens (tertiary/aromatic N) is 2. The van der Waals surface area contributed by atoms with Gasteiger partial charge in [0, 0.05) is 24.4 Å². The zero-order chi connectivity index (χ0) is 18.2. The van der Waals surface area contributed by atoms with Gasteiger partial charge < -0.3 is 14.0 Å². The average Bonchev–Trinajstić information content (AvgIpc) is 2.81. The van der Waals surface area contributed by atoms with Crippen LogP contribution in [0.1, 0.15) is 55.5 Å². The van der Waals surface area contributed by atoms with E-state index < -0.39 is 23.6 Å². The van der Waals surface area contributed by atoms with Crippen molar-refractivity contribution in [2.75, 3.05) is 13.7 Å². The number of esters is 1. The fourth-order valence-electron chi connectivity index (χ4n) is 2.92. The highest BCUT2D eigenvalue weighted by molar-refractivity contribution is 6.05. The maximum Gasteiger partial charge on any atom is 0.417 e. The molecular weight excluding hydrogens is 312 g/mol. The first-order valence-corrected chi connectivity index (χ1v) is 7.90. The van der Waals surface area contributed by atoms with Crippen LogP contribution in [0.3, 0.4) is 0 Å². The Morgan fingerprint density at radius 1 is 1.29 bits per heavy atom. The molecule has 1 aromatic rings. The molecule has 7 heteroatoms. The van der Waals surface area contributed by atoms with E-state index in [0.29, 0.717) is 12.0 Å². The van der Waals surface area contributed by atoms with Crippen LogP contribution in [0.5, 0.6) is 0 Å². The molecule has 0 spiro atoms. The number of carbonyl (C=O) groups excluding carboxylic acids is 3. The van der Waals surface area contributed by atoms with Gasteiger partial charge in [-0.2, -0.15) is 0 Å². The van der Waals surface area contributed by atoms with E-state index in [4.69, 9.17) is 9.47 Å². The molecule has 1 aliphatic rings. The van der Waals surface area contributed by atoms with Gasteiger partial charge in [0.25, 0.3) is 5.91 Å². The zero-order valence-corrected chi connectivity index (χ0v) is 15.0. The van der Waals surface area contributed by atoms with Gasteiger partial charge in [0.05, 0.1) is 12.7 Å². The summed E-state index contributed by atoms with van der Waals surface area (Å²) >= 11 is 0. The number of amides is 2. The summed E-state index contributed by atoms with van der Waals surface area (Å²) in [7, 11) is 1.33. The third-order valence-corrected chi connectivity index (χ3v) is 3.93. The van der Waals surface area contributed by atoms with Crippen LogP contribution in [0.25, 0.3) is 0 Å². The van der Waals surface area contributed by atoms with Crippen LogP contribution < -0.4 is 0 Å². The first kappa shape index (κ1) is 18.0. The molecule has 2 heterocycles. The van der Waals surface area contributed by atoms with Crippen LogP contribution >= 0.6 is 0 Å². The number of carbonyl (C=O) groups is 3. The van der Waals surface area contributed by atoms with Gasteiger partial charge in [-0.1, -0.05) is 0 Å². The standard InChI is InChI=1S/C17H24N2O5/c1-10-9-12-13(19(10)11(2)15(21)23-6)7-8-18(14(12)20)16(22)24-17(3,4)5/h9,11H,7-8H2,1-6H3/t11-/m0/s1. The summed E-state index contributed by atoms with van der Waals surface area (Å²) in [5.74, 6) is -0.775. The minimum absolute atomic E-state index is 0.220. The first-order chi connectivity index (χ1) is 11.1. The van der Waals surface area contributed by atoms with E-state index in [2.05, 4.69) is 0 Å². The second-order valence-electron chi connectivity index (χ2n) is 6.90. The van der Waals surface area contributed by atoms with Crippen LogP contribution in [0.4, 0.5) is 4.79 Å². The van der Waals surface area contributed by atoms with Crippen molar-refractivity contribution in [3.63, 3.8) is 0 Å². The van der Waals surface area contributed by atoms with E-state index in [0.717, 1.165) is 16.3 Å². The molecule has 0 unspecified atom stereocenters. The minimum atomic E-state index is -0.668. The Labute approximate surface area is 141 Å². The van der Waals surface area contributed by atoms with E-state index >= 15 is 0 Å². The van der Waals surface area contributed by atoms with Crippen molar-refractivity contribution in [2.45, 2.75) is 52.7 Å². The van der Waals surface area contributed by atoms with Gasteiger partial charge in [0.2, 0.25) is 0 Å². The molecule has 0 fully saturated rings. The summed E-state index contributed by atoms with van der Waals surface area (Å²) in [5.41, 5.74) is 1.28. The number of fused-ring (bicyclic) bond motifs is 1. The highest BCUT2D eigenvalue weighted by Crippen LogP contribution is 2.28. The average molecular weight is 336 g/mol. The molecule has 7 nitrogen and oxygen atoms in total. The summed E-state index contributed by atoms with van der Waals surface area (Å²) in [6.07, 6.45) is -0.181. The van der Waals surface area contributed by atoms with Crippen LogP contribution in [-0.4, -0.2) is 46.7 Å². The molecule has 2 rings (SSSR count). The lowest BCUT2D eigenvalue weighted by atomic mass is 10.1. The van der Waals surface area contributed by atoms with Gasteiger partial charge in [-0.25, -0.2) is 14.5 Å². The van der Waals surface area contributed by atoms with Crippen molar-refractivity contribution in [2.24, 2.45) is 0 Å². The Kier molecular flexibility index (Phi) is 4.73. The van der Waals surface area contributed by atoms with Crippen LogP contribution in [-0.2, 0) is 20.7 Å². The molecule has 0 saturated carbocycles. The van der Waals surface area contributed by atoms with Crippen molar-refractivity contribution in [1.29, 1.82) is 0 Å². The van der Waals surface area contributed by atoms with E-state index in [-0.39, 0.29) is 12.5 Å². The molecule has 0 saturated heterocycles. The first-order valence-electron chi connectivity index (χ1n) is 7.90. The van der Waals surface area contributed by atoms with Crippen molar-refractivity contribution in [3.05, 3.63) is 23.0 Å².